The van der Waals surface area contributed by atoms with Crippen molar-refractivity contribution in [2.75, 3.05) is 27.2 Å². The smallest absolute Gasteiger partial charge is 0.266 e. The van der Waals surface area contributed by atoms with Gasteiger partial charge in [0.1, 0.15) is 5.82 Å². The van der Waals surface area contributed by atoms with Gasteiger partial charge in [0.15, 0.2) is 0 Å². The number of benzene rings is 2. The Morgan fingerprint density at radius 1 is 0.972 bits per heavy atom. The maximum atomic E-state index is 13.7. The Kier molecular flexibility index (Phi) is 10.5. The zero-order valence-electron chi connectivity index (χ0n) is 22.0. The molecular weight excluding hydrogens is 472 g/mol. The van der Waals surface area contributed by atoms with Gasteiger partial charge in [-0.3, -0.25) is 14.2 Å². The highest BCUT2D eigenvalue weighted by molar-refractivity contribution is 6.30. The maximum absolute atomic E-state index is 13.7. The first kappa shape index (κ1) is 27.9. The molecule has 0 fully saturated rings. The fraction of sp³-hybridized carbons (Fsp3) is 0.483. The highest BCUT2D eigenvalue weighted by Gasteiger charge is 2.26. The lowest BCUT2D eigenvalue weighted by atomic mass is 10.1. The number of amides is 1. The zero-order valence-corrected chi connectivity index (χ0v) is 22.8. The largest absolute Gasteiger partial charge is 0.331 e. The van der Waals surface area contributed by atoms with Crippen molar-refractivity contribution in [2.45, 2.75) is 64.8 Å². The molecule has 194 valence electrons. The highest BCUT2D eigenvalue weighted by atomic mass is 35.5. The Bertz CT molecular complexity index is 1190. The van der Waals surface area contributed by atoms with Crippen LogP contribution < -0.4 is 5.56 Å². The fourth-order valence-electron chi connectivity index (χ4n) is 4.45. The van der Waals surface area contributed by atoms with Crippen LogP contribution in [-0.2, 0) is 4.79 Å². The molecule has 0 aliphatic carbocycles. The number of unbranched alkanes of at least 4 members (excludes halogenated alkanes) is 5. The summed E-state index contributed by atoms with van der Waals surface area (Å²) in [4.78, 5) is 36.0. The molecule has 0 aliphatic heterocycles. The molecule has 1 atom stereocenters. The summed E-state index contributed by atoms with van der Waals surface area (Å²) in [7, 11) is 4.00. The van der Waals surface area contributed by atoms with Gasteiger partial charge in [0, 0.05) is 24.5 Å². The van der Waals surface area contributed by atoms with Crippen molar-refractivity contribution in [1.82, 2.24) is 19.4 Å². The van der Waals surface area contributed by atoms with E-state index in [1.807, 2.05) is 56.3 Å². The van der Waals surface area contributed by atoms with Crippen LogP contribution in [0.4, 0.5) is 0 Å². The van der Waals surface area contributed by atoms with Gasteiger partial charge in [0.05, 0.1) is 22.6 Å². The Morgan fingerprint density at radius 2 is 1.64 bits per heavy atom. The first-order valence-electron chi connectivity index (χ1n) is 13.0. The summed E-state index contributed by atoms with van der Waals surface area (Å²) in [5.74, 6) is 0.654. The zero-order chi connectivity index (χ0) is 26.1. The van der Waals surface area contributed by atoms with E-state index in [1.165, 1.54) is 19.3 Å². The number of hydrogen-bond acceptors (Lipinski definition) is 4. The molecule has 1 heterocycles. The number of aromatic nitrogens is 2. The van der Waals surface area contributed by atoms with Crippen molar-refractivity contribution in [2.24, 2.45) is 0 Å². The SMILES string of the molecule is CCCCCCCCC(=O)N(CCN(C)C)C(C)c1nc2ccccc2c(=O)n1-c1ccc(Cl)cc1. The molecule has 3 aromatic rings. The van der Waals surface area contributed by atoms with Crippen LogP contribution in [0.15, 0.2) is 53.3 Å². The monoisotopic (exact) mass is 510 g/mol. The molecular formula is C29H39ClN4O2. The molecule has 1 aromatic heterocycles. The van der Waals surface area contributed by atoms with Crippen LogP contribution in [-0.4, -0.2) is 52.4 Å². The van der Waals surface area contributed by atoms with Crippen molar-refractivity contribution < 1.29 is 4.79 Å². The van der Waals surface area contributed by atoms with E-state index in [4.69, 9.17) is 16.6 Å². The van der Waals surface area contributed by atoms with Crippen molar-refractivity contribution in [3.8, 4) is 5.69 Å². The Labute approximate surface area is 219 Å². The number of rotatable bonds is 13. The summed E-state index contributed by atoms with van der Waals surface area (Å²) >= 11 is 6.13. The minimum Gasteiger partial charge on any atom is -0.331 e. The average molecular weight is 511 g/mol. The predicted octanol–water partition coefficient (Wildman–Crippen LogP) is 6.24. The Hall–Kier alpha value is -2.70. The van der Waals surface area contributed by atoms with Gasteiger partial charge >= 0.3 is 0 Å². The molecule has 0 aliphatic rings. The summed E-state index contributed by atoms with van der Waals surface area (Å²) in [6.45, 7) is 5.47. The summed E-state index contributed by atoms with van der Waals surface area (Å²) in [6.07, 6.45) is 7.28. The second kappa shape index (κ2) is 13.6. The van der Waals surface area contributed by atoms with Crippen LogP contribution in [0.2, 0.25) is 5.02 Å². The van der Waals surface area contributed by atoms with Gasteiger partial charge in [-0.05, 0) is 63.8 Å². The molecule has 3 rings (SSSR count). The topological polar surface area (TPSA) is 58.4 Å². The van der Waals surface area contributed by atoms with Crippen LogP contribution in [0.5, 0.6) is 0 Å². The molecule has 1 amide bonds. The molecule has 0 saturated carbocycles. The third-order valence-electron chi connectivity index (χ3n) is 6.58. The van der Waals surface area contributed by atoms with E-state index in [0.29, 0.717) is 40.4 Å². The first-order valence-corrected chi connectivity index (χ1v) is 13.4. The summed E-state index contributed by atoms with van der Waals surface area (Å²) in [6, 6.07) is 14.1. The van der Waals surface area contributed by atoms with Crippen LogP contribution in [0.25, 0.3) is 16.6 Å². The fourth-order valence-corrected chi connectivity index (χ4v) is 4.58. The minimum atomic E-state index is -0.384. The van der Waals surface area contributed by atoms with Crippen molar-refractivity contribution >= 4 is 28.4 Å². The van der Waals surface area contributed by atoms with Crippen LogP contribution >= 0.6 is 11.6 Å². The second-order valence-electron chi connectivity index (χ2n) is 9.69. The molecule has 7 heteroatoms. The maximum Gasteiger partial charge on any atom is 0.266 e. The molecule has 1 unspecified atom stereocenters. The molecule has 0 N–H and O–H groups in total. The summed E-state index contributed by atoms with van der Waals surface area (Å²) in [5.41, 5.74) is 1.16. The minimum absolute atomic E-state index is 0.102. The normalized spacial score (nSPS) is 12.3. The van der Waals surface area contributed by atoms with Gasteiger partial charge < -0.3 is 9.80 Å². The van der Waals surface area contributed by atoms with E-state index >= 15 is 0 Å². The molecule has 0 radical (unpaired) electrons. The van der Waals surface area contributed by atoms with E-state index in [2.05, 4.69) is 11.8 Å². The standard InChI is InChI=1S/C29H39ClN4O2/c1-5-6-7-8-9-10-15-27(35)33(21-20-32(3)4)22(2)28-31-26-14-12-11-13-25(26)29(36)34(28)24-18-16-23(30)17-19-24/h11-14,16-19,22H,5-10,15,20-21H2,1-4H3. The van der Waals surface area contributed by atoms with Crippen molar-refractivity contribution in [3.05, 3.63) is 69.7 Å². The van der Waals surface area contributed by atoms with E-state index in [0.717, 1.165) is 25.8 Å². The number of halogens is 1. The van der Waals surface area contributed by atoms with E-state index in [9.17, 15) is 9.59 Å². The molecule has 0 saturated heterocycles. The quantitative estimate of drug-likeness (QED) is 0.255. The molecule has 2 aromatic carbocycles. The van der Waals surface area contributed by atoms with Gasteiger partial charge in [-0.15, -0.1) is 0 Å². The number of likely N-dealkylation sites (N-methyl/N-ethyl adjacent to an activating group) is 1. The van der Waals surface area contributed by atoms with Crippen LogP contribution in [0.3, 0.4) is 0 Å². The van der Waals surface area contributed by atoms with Crippen LogP contribution in [0.1, 0.15) is 70.7 Å². The lowest BCUT2D eigenvalue weighted by Crippen LogP contribution is -2.40. The molecule has 36 heavy (non-hydrogen) atoms. The van der Waals surface area contributed by atoms with Gasteiger partial charge in [0.25, 0.3) is 5.56 Å². The van der Waals surface area contributed by atoms with Crippen molar-refractivity contribution in [3.63, 3.8) is 0 Å². The number of carbonyl (C=O) groups excluding carboxylic acids is 1. The van der Waals surface area contributed by atoms with Gasteiger partial charge in [0.2, 0.25) is 5.91 Å². The van der Waals surface area contributed by atoms with Gasteiger partial charge in [-0.25, -0.2) is 4.98 Å². The van der Waals surface area contributed by atoms with Gasteiger partial charge in [-0.1, -0.05) is 62.8 Å². The number of hydrogen-bond donors (Lipinski definition) is 0. The lowest BCUT2D eigenvalue weighted by Gasteiger charge is -2.31. The lowest BCUT2D eigenvalue weighted by molar-refractivity contribution is -0.133. The highest BCUT2D eigenvalue weighted by Crippen LogP contribution is 2.25. The first-order chi connectivity index (χ1) is 17.3. The molecule has 0 bridgehead atoms. The third kappa shape index (κ3) is 7.17. The number of nitrogens with zero attached hydrogens (tertiary/aromatic N) is 4. The predicted molar refractivity (Wildman–Crippen MR) is 149 cm³/mol. The van der Waals surface area contributed by atoms with Gasteiger partial charge in [-0.2, -0.15) is 0 Å². The van der Waals surface area contributed by atoms with Crippen LogP contribution in [0, 0.1) is 0 Å². The Balaban J connectivity index is 1.98. The Morgan fingerprint density at radius 3 is 2.33 bits per heavy atom. The summed E-state index contributed by atoms with van der Waals surface area (Å²) < 4.78 is 1.63. The second-order valence-corrected chi connectivity index (χ2v) is 10.1. The number of carbonyl (C=O) groups is 1. The summed E-state index contributed by atoms with van der Waals surface area (Å²) in [5, 5.41) is 1.14. The third-order valence-corrected chi connectivity index (χ3v) is 6.83. The average Bonchev–Trinajstić information content (AvgIpc) is 2.86. The number of fused-ring (bicyclic) bond motifs is 1. The molecule has 0 spiro atoms. The van der Waals surface area contributed by atoms with E-state index in [1.54, 1.807) is 22.8 Å². The van der Waals surface area contributed by atoms with E-state index < -0.39 is 0 Å². The molecule has 6 nitrogen and oxygen atoms in total. The number of para-hydroxylation sites is 1. The van der Waals surface area contributed by atoms with Crippen molar-refractivity contribution in [1.29, 1.82) is 0 Å². The van der Waals surface area contributed by atoms with E-state index in [-0.39, 0.29) is 17.5 Å².